The number of carbonyl (C=O) groups excluding carboxylic acids is 2. The number of carbonyl (C=O) groups is 2. The van der Waals surface area contributed by atoms with Gasteiger partial charge in [0.15, 0.2) is 0 Å². The average molecular weight is 537 g/mol. The first-order chi connectivity index (χ1) is 18.5. The molecule has 0 bridgehead atoms. The van der Waals surface area contributed by atoms with Crippen LogP contribution in [0.4, 0.5) is 0 Å². The molecule has 2 aromatic carbocycles. The first-order valence-electron chi connectivity index (χ1n) is 14.8. The van der Waals surface area contributed by atoms with Gasteiger partial charge in [0.1, 0.15) is 12.2 Å². The van der Waals surface area contributed by atoms with E-state index in [9.17, 15) is 9.59 Å². The maximum absolute atomic E-state index is 13.3. The van der Waals surface area contributed by atoms with Gasteiger partial charge in [-0.25, -0.2) is 9.59 Å². The maximum atomic E-state index is 13.3. The molecular weight excluding hydrogens is 488 g/mol. The van der Waals surface area contributed by atoms with E-state index >= 15 is 0 Å². The molecule has 1 aliphatic rings. The fourth-order valence-electron chi connectivity index (χ4n) is 6.09. The number of aryl methyl sites for hydroxylation is 6. The fraction of sp³-hybridized carbons (Fsp3) is 0.588. The Morgan fingerprint density at radius 2 is 1.03 bits per heavy atom. The number of hydrogen-bond acceptors (Lipinski definition) is 5. The Labute approximate surface area is 235 Å². The SMILES string of the molecule is CCCC[C@H](OC(=O)c1c(C)cc(C)cc1C)[C@@H]1CC[C@H]([C@@H](CCCC)OC(=O)c2c(C)cc(C)cc2C)O1. The Hall–Kier alpha value is -2.66. The minimum absolute atomic E-state index is 0.206. The van der Waals surface area contributed by atoms with Crippen molar-refractivity contribution in [1.29, 1.82) is 0 Å². The molecule has 0 spiro atoms. The molecule has 0 N–H and O–H groups in total. The molecular formula is C34H48O5. The van der Waals surface area contributed by atoms with Crippen LogP contribution in [-0.2, 0) is 14.2 Å². The molecule has 5 heteroatoms. The van der Waals surface area contributed by atoms with Gasteiger partial charge in [-0.3, -0.25) is 0 Å². The highest BCUT2D eigenvalue weighted by Gasteiger charge is 2.39. The fourth-order valence-corrected chi connectivity index (χ4v) is 6.09. The first-order valence-corrected chi connectivity index (χ1v) is 14.8. The molecule has 0 saturated carbocycles. The topological polar surface area (TPSA) is 61.8 Å². The Balaban J connectivity index is 1.76. The number of rotatable bonds is 12. The Morgan fingerprint density at radius 3 is 1.33 bits per heavy atom. The zero-order chi connectivity index (χ0) is 28.7. The summed E-state index contributed by atoms with van der Waals surface area (Å²) in [5.74, 6) is -0.560. The van der Waals surface area contributed by atoms with E-state index in [0.717, 1.165) is 84.7 Å². The standard InChI is InChI=1S/C34H48O5/c1-9-11-13-27(38-33(35)31-23(5)17-21(3)18-24(31)6)29-15-16-30(37-29)28(14-12-10-2)39-34(36)32-25(7)19-22(4)20-26(32)8/h17-20,27-30H,9-16H2,1-8H3/t27-,28+,29-,30+. The van der Waals surface area contributed by atoms with Crippen LogP contribution in [0.25, 0.3) is 0 Å². The van der Waals surface area contributed by atoms with Crippen LogP contribution in [0.5, 0.6) is 0 Å². The van der Waals surface area contributed by atoms with Gasteiger partial charge in [-0.1, -0.05) is 62.1 Å². The number of ether oxygens (including phenoxy) is 3. The van der Waals surface area contributed by atoms with Gasteiger partial charge in [-0.15, -0.1) is 0 Å². The highest BCUT2D eigenvalue weighted by Crippen LogP contribution is 2.32. The minimum atomic E-state index is -0.327. The summed E-state index contributed by atoms with van der Waals surface area (Å²) in [6.07, 6.45) is 5.93. The molecule has 0 amide bonds. The van der Waals surface area contributed by atoms with Crippen LogP contribution in [0.15, 0.2) is 24.3 Å². The van der Waals surface area contributed by atoms with Gasteiger partial charge in [0.25, 0.3) is 0 Å². The first kappa shape index (κ1) is 30.9. The molecule has 2 aromatic rings. The van der Waals surface area contributed by atoms with E-state index in [-0.39, 0.29) is 36.4 Å². The van der Waals surface area contributed by atoms with E-state index in [4.69, 9.17) is 14.2 Å². The van der Waals surface area contributed by atoms with Gasteiger partial charge >= 0.3 is 11.9 Å². The molecule has 0 aromatic heterocycles. The predicted octanol–water partition coefficient (Wildman–Crippen LogP) is 8.22. The zero-order valence-corrected chi connectivity index (χ0v) is 25.3. The molecule has 0 unspecified atom stereocenters. The van der Waals surface area contributed by atoms with Crippen LogP contribution in [0.1, 0.15) is 119 Å². The predicted molar refractivity (Wildman–Crippen MR) is 157 cm³/mol. The second-order valence-electron chi connectivity index (χ2n) is 11.5. The number of benzene rings is 2. The van der Waals surface area contributed by atoms with Crippen molar-refractivity contribution in [3.63, 3.8) is 0 Å². The van der Waals surface area contributed by atoms with Crippen LogP contribution < -0.4 is 0 Å². The molecule has 3 rings (SSSR count). The summed E-state index contributed by atoms with van der Waals surface area (Å²) in [6, 6.07) is 8.10. The van der Waals surface area contributed by atoms with Gasteiger partial charge in [0.2, 0.25) is 0 Å². The van der Waals surface area contributed by atoms with Gasteiger partial charge in [-0.2, -0.15) is 0 Å². The van der Waals surface area contributed by atoms with Crippen molar-refractivity contribution in [2.24, 2.45) is 0 Å². The summed E-state index contributed by atoms with van der Waals surface area (Å²) in [7, 11) is 0. The number of esters is 2. The van der Waals surface area contributed by atoms with Crippen molar-refractivity contribution in [3.05, 3.63) is 68.8 Å². The van der Waals surface area contributed by atoms with E-state index in [0.29, 0.717) is 11.1 Å². The average Bonchev–Trinajstić information content (AvgIpc) is 3.33. The molecule has 5 nitrogen and oxygen atoms in total. The van der Waals surface area contributed by atoms with E-state index in [1.54, 1.807) is 0 Å². The highest BCUT2D eigenvalue weighted by atomic mass is 16.6. The monoisotopic (exact) mass is 536 g/mol. The van der Waals surface area contributed by atoms with Crippen LogP contribution >= 0.6 is 0 Å². The molecule has 214 valence electrons. The van der Waals surface area contributed by atoms with Gasteiger partial charge < -0.3 is 14.2 Å². The number of unbranched alkanes of at least 4 members (excludes halogenated alkanes) is 2. The Bertz CT molecular complexity index is 1010. The molecule has 0 radical (unpaired) electrons. The second kappa shape index (κ2) is 14.1. The molecule has 1 heterocycles. The van der Waals surface area contributed by atoms with Crippen LogP contribution in [-0.4, -0.2) is 36.4 Å². The molecule has 4 atom stereocenters. The number of hydrogen-bond donors (Lipinski definition) is 0. The van der Waals surface area contributed by atoms with Crippen molar-refractivity contribution in [2.75, 3.05) is 0 Å². The van der Waals surface area contributed by atoms with Crippen molar-refractivity contribution in [3.8, 4) is 0 Å². The van der Waals surface area contributed by atoms with E-state index < -0.39 is 0 Å². The second-order valence-corrected chi connectivity index (χ2v) is 11.5. The third-order valence-electron chi connectivity index (χ3n) is 7.88. The summed E-state index contributed by atoms with van der Waals surface area (Å²) < 4.78 is 18.9. The Kier molecular flexibility index (Phi) is 11.2. The van der Waals surface area contributed by atoms with Gasteiger partial charge in [-0.05, 0) is 102 Å². The van der Waals surface area contributed by atoms with Gasteiger partial charge in [0, 0.05) is 0 Å². The molecule has 0 aliphatic carbocycles. The minimum Gasteiger partial charge on any atom is -0.456 e. The van der Waals surface area contributed by atoms with E-state index in [1.807, 2.05) is 65.8 Å². The van der Waals surface area contributed by atoms with E-state index in [1.165, 1.54) is 0 Å². The lowest BCUT2D eigenvalue weighted by Crippen LogP contribution is -2.36. The summed E-state index contributed by atoms with van der Waals surface area (Å²) in [5, 5.41) is 0. The summed E-state index contributed by atoms with van der Waals surface area (Å²) >= 11 is 0. The van der Waals surface area contributed by atoms with Crippen LogP contribution in [0, 0.1) is 41.5 Å². The van der Waals surface area contributed by atoms with Crippen LogP contribution in [0.2, 0.25) is 0 Å². The highest BCUT2D eigenvalue weighted by molar-refractivity contribution is 5.93. The third-order valence-corrected chi connectivity index (χ3v) is 7.88. The zero-order valence-electron chi connectivity index (χ0n) is 25.3. The van der Waals surface area contributed by atoms with Crippen molar-refractivity contribution >= 4 is 11.9 Å². The normalized spacial score (nSPS) is 18.6. The summed E-state index contributed by atoms with van der Waals surface area (Å²) in [5.41, 5.74) is 7.31. The van der Waals surface area contributed by atoms with Crippen molar-refractivity contribution < 1.29 is 23.8 Å². The summed E-state index contributed by atoms with van der Waals surface area (Å²) in [6.45, 7) is 16.2. The molecule has 1 aliphatic heterocycles. The maximum Gasteiger partial charge on any atom is 0.339 e. The van der Waals surface area contributed by atoms with Crippen molar-refractivity contribution in [2.45, 2.75) is 131 Å². The third kappa shape index (κ3) is 7.94. The quantitative estimate of drug-likeness (QED) is 0.256. The molecule has 1 fully saturated rings. The van der Waals surface area contributed by atoms with Gasteiger partial charge in [0.05, 0.1) is 23.3 Å². The Morgan fingerprint density at radius 1 is 0.692 bits per heavy atom. The molecule has 1 saturated heterocycles. The van der Waals surface area contributed by atoms with Crippen molar-refractivity contribution in [1.82, 2.24) is 0 Å². The lowest BCUT2D eigenvalue weighted by atomic mass is 9.99. The van der Waals surface area contributed by atoms with E-state index in [2.05, 4.69) is 13.8 Å². The summed E-state index contributed by atoms with van der Waals surface area (Å²) in [4.78, 5) is 26.7. The van der Waals surface area contributed by atoms with Crippen LogP contribution in [0.3, 0.4) is 0 Å². The lowest BCUT2D eigenvalue weighted by Gasteiger charge is -2.28. The smallest absolute Gasteiger partial charge is 0.339 e. The molecule has 39 heavy (non-hydrogen) atoms. The lowest BCUT2D eigenvalue weighted by molar-refractivity contribution is -0.0892. The largest absolute Gasteiger partial charge is 0.456 e.